The molecule has 0 unspecified atom stereocenters. The highest BCUT2D eigenvalue weighted by Crippen LogP contribution is 2.29. The molecule has 2 amide bonds. The van der Waals surface area contributed by atoms with E-state index in [-0.39, 0.29) is 18.2 Å². The van der Waals surface area contributed by atoms with Crippen LogP contribution in [0, 0.1) is 0 Å². The Labute approximate surface area is 139 Å². The normalized spacial score (nSPS) is 19.8. The van der Waals surface area contributed by atoms with Crippen LogP contribution in [0.25, 0.3) is 0 Å². The molecule has 0 radical (unpaired) electrons. The minimum atomic E-state index is -0.413. The summed E-state index contributed by atoms with van der Waals surface area (Å²) in [6.45, 7) is 5.01. The molecule has 1 saturated heterocycles. The molecule has 0 aliphatic carbocycles. The lowest BCUT2D eigenvalue weighted by atomic mass is 10.2. The fourth-order valence-electron chi connectivity index (χ4n) is 2.13. The highest BCUT2D eigenvalue weighted by molar-refractivity contribution is 8.15. The molecule has 1 atom stereocenters. The number of rotatable bonds is 5. The van der Waals surface area contributed by atoms with Gasteiger partial charge >= 0.3 is 0 Å². The van der Waals surface area contributed by atoms with E-state index in [4.69, 9.17) is 11.6 Å². The van der Waals surface area contributed by atoms with Gasteiger partial charge in [-0.3, -0.25) is 19.5 Å². The Morgan fingerprint density at radius 2 is 2.23 bits per heavy atom. The number of hydrogen-bond donors (Lipinski definition) is 1. The third-order valence-electron chi connectivity index (χ3n) is 3.11. The van der Waals surface area contributed by atoms with Crippen molar-refractivity contribution in [3.63, 3.8) is 0 Å². The summed E-state index contributed by atoms with van der Waals surface area (Å²) in [7, 11) is 0. The molecule has 22 heavy (non-hydrogen) atoms. The maximum Gasteiger partial charge on any atom is 0.242 e. The van der Waals surface area contributed by atoms with Crippen molar-refractivity contribution in [1.82, 2.24) is 4.90 Å². The lowest BCUT2D eigenvalue weighted by molar-refractivity contribution is -0.128. The Bertz CT molecular complexity index is 606. The van der Waals surface area contributed by atoms with Crippen LogP contribution in [0.15, 0.2) is 29.3 Å². The summed E-state index contributed by atoms with van der Waals surface area (Å²) in [4.78, 5) is 30.3. The van der Waals surface area contributed by atoms with Gasteiger partial charge in [0.25, 0.3) is 0 Å². The van der Waals surface area contributed by atoms with Gasteiger partial charge in [0.05, 0.1) is 0 Å². The number of halogens is 1. The molecule has 0 saturated carbocycles. The summed E-state index contributed by atoms with van der Waals surface area (Å²) in [5, 5.41) is 3.61. The summed E-state index contributed by atoms with van der Waals surface area (Å²) < 4.78 is 0. The first-order valence-corrected chi connectivity index (χ1v) is 8.38. The third-order valence-corrected chi connectivity index (χ3v) is 4.56. The van der Waals surface area contributed by atoms with E-state index < -0.39 is 5.25 Å². The Morgan fingerprint density at radius 1 is 1.45 bits per heavy atom. The fraction of sp³-hybridized carbons (Fsp3) is 0.400. The average Bonchev–Trinajstić information content (AvgIpc) is 2.75. The predicted molar refractivity (Wildman–Crippen MR) is 91.4 cm³/mol. The molecule has 7 heteroatoms. The maximum atomic E-state index is 12.3. The van der Waals surface area contributed by atoms with Crippen LogP contribution in [-0.2, 0) is 9.59 Å². The number of carbonyl (C=O) groups is 2. The van der Waals surface area contributed by atoms with Crippen molar-refractivity contribution in [3.05, 3.63) is 29.3 Å². The molecule has 1 heterocycles. The van der Waals surface area contributed by atoms with Gasteiger partial charge in [-0.15, -0.1) is 0 Å². The van der Waals surface area contributed by atoms with Crippen LogP contribution in [0.5, 0.6) is 0 Å². The number of nitrogens with zero attached hydrogens (tertiary/aromatic N) is 2. The van der Waals surface area contributed by atoms with E-state index in [1.165, 1.54) is 11.8 Å². The number of anilines is 1. The van der Waals surface area contributed by atoms with Gasteiger partial charge in [0.1, 0.15) is 5.25 Å². The van der Waals surface area contributed by atoms with Crippen LogP contribution in [0.4, 0.5) is 5.69 Å². The number of amidine groups is 1. The molecule has 1 aliphatic rings. The second kappa shape index (κ2) is 7.65. The first-order valence-electron chi connectivity index (χ1n) is 7.13. The number of benzene rings is 1. The van der Waals surface area contributed by atoms with Crippen molar-refractivity contribution in [1.29, 1.82) is 0 Å². The van der Waals surface area contributed by atoms with E-state index in [2.05, 4.69) is 10.3 Å². The summed E-state index contributed by atoms with van der Waals surface area (Å²) in [5.74, 6) is -0.261. The van der Waals surface area contributed by atoms with Gasteiger partial charge in [0, 0.05) is 30.2 Å². The summed E-state index contributed by atoms with van der Waals surface area (Å²) >= 11 is 7.24. The Hall–Kier alpha value is -1.53. The van der Waals surface area contributed by atoms with E-state index in [1.54, 1.807) is 29.2 Å². The molecule has 0 bridgehead atoms. The topological polar surface area (TPSA) is 61.8 Å². The molecule has 0 spiro atoms. The molecule has 118 valence electrons. The Kier molecular flexibility index (Phi) is 5.85. The molecule has 1 aromatic carbocycles. The number of amides is 2. The first kappa shape index (κ1) is 16.8. The van der Waals surface area contributed by atoms with E-state index in [9.17, 15) is 9.59 Å². The molecular weight excluding hydrogens is 322 g/mol. The van der Waals surface area contributed by atoms with Crippen molar-refractivity contribution >= 4 is 46.0 Å². The molecule has 0 aromatic heterocycles. The van der Waals surface area contributed by atoms with Gasteiger partial charge in [0.2, 0.25) is 11.8 Å². The second-order valence-corrected chi connectivity index (χ2v) is 6.31. The molecule has 1 aromatic rings. The Balaban J connectivity index is 2.00. The van der Waals surface area contributed by atoms with E-state index >= 15 is 0 Å². The zero-order valence-electron chi connectivity index (χ0n) is 12.5. The van der Waals surface area contributed by atoms with Crippen LogP contribution in [0.2, 0.25) is 5.02 Å². The number of carbonyl (C=O) groups excluding carboxylic acids is 2. The largest absolute Gasteiger partial charge is 0.326 e. The first-order chi connectivity index (χ1) is 10.5. The van der Waals surface area contributed by atoms with Crippen LogP contribution >= 0.6 is 23.4 Å². The number of nitrogens with one attached hydrogen (secondary N) is 1. The fourth-order valence-corrected chi connectivity index (χ4v) is 3.59. The second-order valence-electron chi connectivity index (χ2n) is 4.71. The molecule has 1 N–H and O–H groups in total. The minimum Gasteiger partial charge on any atom is -0.326 e. The van der Waals surface area contributed by atoms with Crippen molar-refractivity contribution < 1.29 is 9.59 Å². The summed E-state index contributed by atoms with van der Waals surface area (Å²) in [5.41, 5.74) is 0.628. The predicted octanol–water partition coefficient (Wildman–Crippen LogP) is 3.01. The van der Waals surface area contributed by atoms with Gasteiger partial charge in [0.15, 0.2) is 5.17 Å². The lowest BCUT2D eigenvalue weighted by Gasteiger charge is -2.13. The summed E-state index contributed by atoms with van der Waals surface area (Å²) in [6, 6.07) is 6.93. The number of thioether (sulfide) groups is 1. The molecule has 5 nitrogen and oxygen atoms in total. The zero-order valence-corrected chi connectivity index (χ0v) is 14.1. The Morgan fingerprint density at radius 3 is 2.86 bits per heavy atom. The average molecular weight is 340 g/mol. The third kappa shape index (κ3) is 4.01. The van der Waals surface area contributed by atoms with E-state index in [1.807, 2.05) is 13.8 Å². The van der Waals surface area contributed by atoms with Crippen molar-refractivity contribution in [3.8, 4) is 0 Å². The van der Waals surface area contributed by atoms with E-state index in [0.717, 1.165) is 0 Å². The van der Waals surface area contributed by atoms with Gasteiger partial charge in [-0.2, -0.15) is 0 Å². The molecule has 2 rings (SSSR count). The minimum absolute atomic E-state index is 0.0547. The highest BCUT2D eigenvalue weighted by Gasteiger charge is 2.37. The van der Waals surface area contributed by atoms with E-state index in [0.29, 0.717) is 29.0 Å². The molecule has 1 aliphatic heterocycles. The van der Waals surface area contributed by atoms with Crippen LogP contribution in [0.3, 0.4) is 0 Å². The van der Waals surface area contributed by atoms with Gasteiger partial charge in [-0.05, 0) is 32.0 Å². The number of aliphatic imine (C=N–C) groups is 1. The lowest BCUT2D eigenvalue weighted by Crippen LogP contribution is -2.33. The SMILES string of the molecule is CCN=C1S[C@H](CC(=O)Nc2cccc(Cl)c2)C(=O)N1CC. The number of hydrogen-bond acceptors (Lipinski definition) is 4. The molecule has 1 fully saturated rings. The van der Waals surface area contributed by atoms with Crippen LogP contribution < -0.4 is 5.32 Å². The summed E-state index contributed by atoms with van der Waals surface area (Å²) in [6.07, 6.45) is 0.120. The zero-order chi connectivity index (χ0) is 16.1. The van der Waals surface area contributed by atoms with Gasteiger partial charge in [-0.1, -0.05) is 29.4 Å². The van der Waals surface area contributed by atoms with Crippen LogP contribution in [-0.4, -0.2) is 40.2 Å². The monoisotopic (exact) mass is 339 g/mol. The smallest absolute Gasteiger partial charge is 0.242 e. The highest BCUT2D eigenvalue weighted by atomic mass is 35.5. The van der Waals surface area contributed by atoms with Crippen molar-refractivity contribution in [2.45, 2.75) is 25.5 Å². The standard InChI is InChI=1S/C15H18ClN3O2S/c1-3-17-15-19(4-2)14(21)12(22-15)9-13(20)18-11-7-5-6-10(16)8-11/h5-8,12H,3-4,9H2,1-2H3,(H,18,20)/t12-/m1/s1. The maximum absolute atomic E-state index is 12.3. The van der Waals surface area contributed by atoms with Crippen molar-refractivity contribution in [2.24, 2.45) is 4.99 Å². The van der Waals surface area contributed by atoms with Gasteiger partial charge < -0.3 is 5.32 Å². The van der Waals surface area contributed by atoms with Crippen LogP contribution in [0.1, 0.15) is 20.3 Å². The van der Waals surface area contributed by atoms with Crippen molar-refractivity contribution in [2.75, 3.05) is 18.4 Å². The van der Waals surface area contributed by atoms with Gasteiger partial charge in [-0.25, -0.2) is 0 Å². The quantitative estimate of drug-likeness (QED) is 0.897. The molecular formula is C15H18ClN3O2S.